The van der Waals surface area contributed by atoms with Gasteiger partial charge in [-0.1, -0.05) is 12.8 Å². The minimum Gasteiger partial charge on any atom is -0.367 e. The van der Waals surface area contributed by atoms with E-state index in [0.717, 1.165) is 12.8 Å². The monoisotopic (exact) mass is 301 g/mol. The van der Waals surface area contributed by atoms with Crippen molar-refractivity contribution in [2.45, 2.75) is 31.7 Å². The van der Waals surface area contributed by atoms with Crippen molar-refractivity contribution in [3.63, 3.8) is 0 Å². The Morgan fingerprint density at radius 3 is 2.94 bits per heavy atom. The van der Waals surface area contributed by atoms with Crippen molar-refractivity contribution in [3.8, 4) is 0 Å². The van der Waals surface area contributed by atoms with Gasteiger partial charge in [0.2, 0.25) is 0 Å². The normalized spacial score (nSPS) is 24.6. The Labute approximate surface area is 109 Å². The van der Waals surface area contributed by atoms with E-state index in [4.69, 9.17) is 5.73 Å². The maximum Gasteiger partial charge on any atom is 0.166 e. The molecule has 1 fully saturated rings. The average Bonchev–Trinajstić information content (AvgIpc) is 2.30. The van der Waals surface area contributed by atoms with Crippen molar-refractivity contribution in [1.82, 2.24) is 4.98 Å². The van der Waals surface area contributed by atoms with Gasteiger partial charge in [-0.3, -0.25) is 0 Å². The molecule has 0 spiro atoms. The van der Waals surface area contributed by atoms with Crippen LogP contribution in [-0.2, 0) is 0 Å². The molecule has 2 unspecified atom stereocenters. The highest BCUT2D eigenvalue weighted by Gasteiger charge is 2.21. The largest absolute Gasteiger partial charge is 0.367 e. The zero-order chi connectivity index (χ0) is 12.3. The minimum atomic E-state index is -0.330. The van der Waals surface area contributed by atoms with E-state index in [1.165, 1.54) is 18.9 Å². The number of nitrogens with one attached hydrogen (secondary N) is 1. The van der Waals surface area contributed by atoms with Crippen LogP contribution in [0, 0.1) is 11.7 Å². The third-order valence-electron chi connectivity index (χ3n) is 3.31. The van der Waals surface area contributed by atoms with Gasteiger partial charge in [0, 0.05) is 23.3 Å². The summed E-state index contributed by atoms with van der Waals surface area (Å²) in [6.07, 6.45) is 6.21. The van der Waals surface area contributed by atoms with Gasteiger partial charge in [-0.15, -0.1) is 0 Å². The Morgan fingerprint density at radius 2 is 2.24 bits per heavy atom. The van der Waals surface area contributed by atoms with Gasteiger partial charge in [-0.05, 0) is 40.8 Å². The Hall–Kier alpha value is -0.680. The van der Waals surface area contributed by atoms with E-state index in [9.17, 15) is 4.39 Å². The zero-order valence-corrected chi connectivity index (χ0v) is 11.2. The highest BCUT2D eigenvalue weighted by molar-refractivity contribution is 9.10. The van der Waals surface area contributed by atoms with E-state index in [1.807, 2.05) is 0 Å². The van der Waals surface area contributed by atoms with Crippen LogP contribution in [0.25, 0.3) is 0 Å². The van der Waals surface area contributed by atoms with Crippen molar-refractivity contribution in [2.75, 3.05) is 11.9 Å². The Morgan fingerprint density at radius 1 is 1.47 bits per heavy atom. The number of hydrogen-bond acceptors (Lipinski definition) is 3. The number of nitrogens with two attached hydrogens (primary N) is 1. The van der Waals surface area contributed by atoms with Crippen LogP contribution in [0.15, 0.2) is 16.7 Å². The second-order valence-electron chi connectivity index (χ2n) is 4.57. The number of nitrogens with zero attached hydrogens (tertiary/aromatic N) is 1. The summed E-state index contributed by atoms with van der Waals surface area (Å²) < 4.78 is 14.2. The molecule has 1 aromatic heterocycles. The Kier molecular flexibility index (Phi) is 4.34. The van der Waals surface area contributed by atoms with Gasteiger partial charge in [0.15, 0.2) is 11.6 Å². The minimum absolute atomic E-state index is 0.231. The van der Waals surface area contributed by atoms with Crippen LogP contribution < -0.4 is 11.1 Å². The van der Waals surface area contributed by atoms with Crippen molar-refractivity contribution in [3.05, 3.63) is 22.6 Å². The molecule has 0 bridgehead atoms. The van der Waals surface area contributed by atoms with Crippen molar-refractivity contribution in [2.24, 2.45) is 11.7 Å². The first-order chi connectivity index (χ1) is 8.16. The van der Waals surface area contributed by atoms with Gasteiger partial charge in [-0.2, -0.15) is 0 Å². The average molecular weight is 302 g/mol. The Bertz CT molecular complexity index is 386. The van der Waals surface area contributed by atoms with Gasteiger partial charge in [-0.25, -0.2) is 9.37 Å². The van der Waals surface area contributed by atoms with Gasteiger partial charge < -0.3 is 11.1 Å². The fourth-order valence-corrected chi connectivity index (χ4v) is 2.57. The molecule has 1 aliphatic carbocycles. The predicted molar refractivity (Wildman–Crippen MR) is 70.3 cm³/mol. The quantitative estimate of drug-likeness (QED) is 0.902. The Balaban J connectivity index is 1.92. The first kappa shape index (κ1) is 12.8. The molecule has 2 atom stereocenters. The number of aromatic nitrogens is 1. The second kappa shape index (κ2) is 5.78. The SMILES string of the molecule is NC1CCCCC1CNc1ncc(Br)cc1F. The van der Waals surface area contributed by atoms with E-state index < -0.39 is 0 Å². The molecule has 17 heavy (non-hydrogen) atoms. The molecule has 1 aliphatic rings. The fourth-order valence-electron chi connectivity index (χ4n) is 2.26. The van der Waals surface area contributed by atoms with Gasteiger partial charge in [0.05, 0.1) is 0 Å². The number of pyridine rings is 1. The predicted octanol–water partition coefficient (Wildman–Crippen LogP) is 2.91. The summed E-state index contributed by atoms with van der Waals surface area (Å²) in [5.74, 6) is 0.406. The van der Waals surface area contributed by atoms with Crippen molar-refractivity contribution >= 4 is 21.7 Å². The summed E-state index contributed by atoms with van der Waals surface area (Å²) in [6, 6.07) is 1.64. The first-order valence-corrected chi connectivity index (χ1v) is 6.76. The molecular weight excluding hydrogens is 285 g/mol. The fraction of sp³-hybridized carbons (Fsp3) is 0.583. The summed E-state index contributed by atoms with van der Waals surface area (Å²) in [5, 5.41) is 3.05. The van der Waals surface area contributed by atoms with Crippen LogP contribution in [0.4, 0.5) is 10.2 Å². The third-order valence-corrected chi connectivity index (χ3v) is 3.74. The summed E-state index contributed by atoms with van der Waals surface area (Å²) in [4.78, 5) is 4.01. The molecule has 1 saturated carbocycles. The van der Waals surface area contributed by atoms with Crippen molar-refractivity contribution < 1.29 is 4.39 Å². The third kappa shape index (κ3) is 3.39. The van der Waals surface area contributed by atoms with E-state index in [0.29, 0.717) is 22.8 Å². The molecule has 1 aromatic rings. The van der Waals surface area contributed by atoms with E-state index in [-0.39, 0.29) is 11.9 Å². The van der Waals surface area contributed by atoms with Gasteiger partial charge in [0.25, 0.3) is 0 Å². The molecule has 5 heteroatoms. The molecule has 0 radical (unpaired) electrons. The molecular formula is C12H17BrFN3. The molecule has 1 heterocycles. The van der Waals surface area contributed by atoms with E-state index in [1.54, 1.807) is 6.20 Å². The first-order valence-electron chi connectivity index (χ1n) is 5.97. The molecule has 3 nitrogen and oxygen atoms in total. The smallest absolute Gasteiger partial charge is 0.166 e. The van der Waals surface area contributed by atoms with Gasteiger partial charge >= 0.3 is 0 Å². The van der Waals surface area contributed by atoms with E-state index >= 15 is 0 Å². The zero-order valence-electron chi connectivity index (χ0n) is 9.63. The van der Waals surface area contributed by atoms with E-state index in [2.05, 4.69) is 26.2 Å². The standard InChI is InChI=1S/C12H17BrFN3/c13-9-5-10(14)12(17-7-9)16-6-8-3-1-2-4-11(8)15/h5,7-8,11H,1-4,6,15H2,(H,16,17). The summed E-state index contributed by atoms with van der Waals surface area (Å²) in [6.45, 7) is 0.701. The number of halogens is 2. The molecule has 0 amide bonds. The molecule has 94 valence electrons. The highest BCUT2D eigenvalue weighted by atomic mass is 79.9. The second-order valence-corrected chi connectivity index (χ2v) is 5.49. The van der Waals surface area contributed by atoms with Crippen LogP contribution in [0.5, 0.6) is 0 Å². The molecule has 2 rings (SSSR count). The van der Waals surface area contributed by atoms with Crippen LogP contribution >= 0.6 is 15.9 Å². The molecule has 3 N–H and O–H groups in total. The molecule has 0 aliphatic heterocycles. The van der Waals surface area contributed by atoms with Crippen LogP contribution in [0.3, 0.4) is 0 Å². The van der Waals surface area contributed by atoms with Gasteiger partial charge in [0.1, 0.15) is 0 Å². The summed E-state index contributed by atoms with van der Waals surface area (Å²) >= 11 is 3.18. The highest BCUT2D eigenvalue weighted by Crippen LogP contribution is 2.24. The van der Waals surface area contributed by atoms with Crippen LogP contribution in [-0.4, -0.2) is 17.6 Å². The topological polar surface area (TPSA) is 50.9 Å². The number of anilines is 1. The summed E-state index contributed by atoms with van der Waals surface area (Å²) in [7, 11) is 0. The lowest BCUT2D eigenvalue weighted by molar-refractivity contribution is 0.321. The maximum absolute atomic E-state index is 13.5. The summed E-state index contributed by atoms with van der Waals surface area (Å²) in [5.41, 5.74) is 6.04. The number of hydrogen-bond donors (Lipinski definition) is 2. The lowest BCUT2D eigenvalue weighted by Gasteiger charge is -2.28. The van der Waals surface area contributed by atoms with Crippen LogP contribution in [0.2, 0.25) is 0 Å². The maximum atomic E-state index is 13.5. The number of rotatable bonds is 3. The molecule has 0 aromatic carbocycles. The molecule has 0 saturated heterocycles. The lowest BCUT2D eigenvalue weighted by Crippen LogP contribution is -2.37. The lowest BCUT2D eigenvalue weighted by atomic mass is 9.85. The van der Waals surface area contributed by atoms with Crippen LogP contribution in [0.1, 0.15) is 25.7 Å². The van der Waals surface area contributed by atoms with Crippen molar-refractivity contribution in [1.29, 1.82) is 0 Å².